The van der Waals surface area contributed by atoms with E-state index >= 15 is 0 Å². The zero-order valence-electron chi connectivity index (χ0n) is 10.7. The Morgan fingerprint density at radius 2 is 2.24 bits per heavy atom. The van der Waals surface area contributed by atoms with E-state index in [0.29, 0.717) is 6.61 Å². The van der Waals surface area contributed by atoms with Crippen LogP contribution in [0, 0.1) is 5.92 Å². The molecule has 1 aliphatic rings. The van der Waals surface area contributed by atoms with Crippen molar-refractivity contribution in [3.05, 3.63) is 0 Å². The maximum Gasteiger partial charge on any atom is 0.408 e. The lowest BCUT2D eigenvalue weighted by Gasteiger charge is -2.28. The molecule has 5 heteroatoms. The van der Waals surface area contributed by atoms with Crippen molar-refractivity contribution in [2.24, 2.45) is 5.92 Å². The van der Waals surface area contributed by atoms with Crippen LogP contribution in [0.4, 0.5) is 4.79 Å². The van der Waals surface area contributed by atoms with E-state index in [9.17, 15) is 9.59 Å². The minimum atomic E-state index is -0.555. The number of nitrogens with one attached hydrogen (secondary N) is 1. The molecule has 1 rings (SSSR count). The van der Waals surface area contributed by atoms with Gasteiger partial charge in [0, 0.05) is 12.5 Å². The van der Waals surface area contributed by atoms with Gasteiger partial charge in [0.05, 0.1) is 12.6 Å². The Hall–Kier alpha value is -1.10. The van der Waals surface area contributed by atoms with E-state index in [1.54, 1.807) is 20.8 Å². The highest BCUT2D eigenvalue weighted by atomic mass is 16.6. The second-order valence-corrected chi connectivity index (χ2v) is 5.29. The highest BCUT2D eigenvalue weighted by Crippen LogP contribution is 2.17. The number of carbonyl (C=O) groups excluding carboxylic acids is 2. The van der Waals surface area contributed by atoms with Gasteiger partial charge in [-0.2, -0.15) is 0 Å². The van der Waals surface area contributed by atoms with Crippen molar-refractivity contribution in [3.8, 4) is 0 Å². The largest absolute Gasteiger partial charge is 0.444 e. The third-order valence-corrected chi connectivity index (χ3v) is 2.53. The molecule has 2 atom stereocenters. The molecule has 1 saturated heterocycles. The van der Waals surface area contributed by atoms with Crippen LogP contribution in [0.1, 0.15) is 33.6 Å². The Kier molecular flexibility index (Phi) is 4.93. The van der Waals surface area contributed by atoms with Gasteiger partial charge in [0.1, 0.15) is 11.9 Å². The van der Waals surface area contributed by atoms with Gasteiger partial charge in [-0.3, -0.25) is 0 Å². The third-order valence-electron chi connectivity index (χ3n) is 2.53. The first-order valence-corrected chi connectivity index (χ1v) is 5.95. The highest BCUT2D eigenvalue weighted by molar-refractivity contribution is 5.73. The van der Waals surface area contributed by atoms with Gasteiger partial charge in [0.15, 0.2) is 0 Å². The first kappa shape index (κ1) is 14.0. The SMILES string of the molecule is CC(C)(C)OC(=O)NC(C=O)C1CCCOC1. The quantitative estimate of drug-likeness (QED) is 0.763. The topological polar surface area (TPSA) is 64.6 Å². The Morgan fingerprint density at radius 1 is 1.53 bits per heavy atom. The van der Waals surface area contributed by atoms with Crippen molar-refractivity contribution in [2.75, 3.05) is 13.2 Å². The number of ether oxygens (including phenoxy) is 2. The molecule has 1 fully saturated rings. The van der Waals surface area contributed by atoms with Crippen LogP contribution >= 0.6 is 0 Å². The smallest absolute Gasteiger partial charge is 0.408 e. The summed E-state index contributed by atoms with van der Waals surface area (Å²) in [6.45, 7) is 6.60. The van der Waals surface area contributed by atoms with Gasteiger partial charge in [-0.25, -0.2) is 4.79 Å². The van der Waals surface area contributed by atoms with Crippen molar-refractivity contribution < 1.29 is 19.1 Å². The van der Waals surface area contributed by atoms with Crippen LogP contribution in [-0.2, 0) is 14.3 Å². The van der Waals surface area contributed by atoms with Gasteiger partial charge >= 0.3 is 6.09 Å². The zero-order chi connectivity index (χ0) is 12.9. The lowest BCUT2D eigenvalue weighted by Crippen LogP contribution is -2.46. The molecule has 0 aromatic carbocycles. The fraction of sp³-hybridized carbons (Fsp3) is 0.833. The summed E-state index contributed by atoms with van der Waals surface area (Å²) < 4.78 is 10.4. The summed E-state index contributed by atoms with van der Waals surface area (Å²) in [7, 11) is 0. The Bertz CT molecular complexity index is 266. The number of carbonyl (C=O) groups is 2. The van der Waals surface area contributed by atoms with Crippen molar-refractivity contribution in [3.63, 3.8) is 0 Å². The summed E-state index contributed by atoms with van der Waals surface area (Å²) in [4.78, 5) is 22.5. The Labute approximate surface area is 102 Å². The van der Waals surface area contributed by atoms with E-state index in [0.717, 1.165) is 25.7 Å². The Balaban J connectivity index is 2.45. The van der Waals surface area contributed by atoms with Crippen LogP contribution in [-0.4, -0.2) is 37.2 Å². The summed E-state index contributed by atoms with van der Waals surface area (Å²) in [5.74, 6) is 0.0498. The molecule has 5 nitrogen and oxygen atoms in total. The molecular formula is C12H21NO4. The number of aldehydes is 1. The van der Waals surface area contributed by atoms with E-state index in [2.05, 4.69) is 5.32 Å². The second-order valence-electron chi connectivity index (χ2n) is 5.29. The van der Waals surface area contributed by atoms with Gasteiger partial charge in [0.25, 0.3) is 0 Å². The maximum absolute atomic E-state index is 11.5. The summed E-state index contributed by atoms with van der Waals surface area (Å²) in [6.07, 6.45) is 2.01. The number of amides is 1. The predicted molar refractivity (Wildman–Crippen MR) is 62.8 cm³/mol. The zero-order valence-corrected chi connectivity index (χ0v) is 10.7. The molecule has 0 saturated carbocycles. The Morgan fingerprint density at radius 3 is 2.71 bits per heavy atom. The average molecular weight is 243 g/mol. The van der Waals surface area contributed by atoms with E-state index in [-0.39, 0.29) is 5.92 Å². The fourth-order valence-electron chi connectivity index (χ4n) is 1.76. The normalized spacial score (nSPS) is 22.6. The summed E-state index contributed by atoms with van der Waals surface area (Å²) in [5, 5.41) is 2.58. The molecule has 1 N–H and O–H groups in total. The van der Waals surface area contributed by atoms with E-state index < -0.39 is 17.7 Å². The molecule has 1 aliphatic heterocycles. The second kappa shape index (κ2) is 6.00. The summed E-state index contributed by atoms with van der Waals surface area (Å²) in [6, 6.07) is -0.523. The molecule has 1 heterocycles. The van der Waals surface area contributed by atoms with E-state index in [1.807, 2.05) is 0 Å². The molecule has 0 radical (unpaired) electrons. The third kappa shape index (κ3) is 5.17. The van der Waals surface area contributed by atoms with Gasteiger partial charge in [-0.1, -0.05) is 0 Å². The van der Waals surface area contributed by atoms with Gasteiger partial charge in [0.2, 0.25) is 0 Å². The van der Waals surface area contributed by atoms with E-state index in [4.69, 9.17) is 9.47 Å². The average Bonchev–Trinajstić information content (AvgIpc) is 2.24. The number of hydrogen-bond donors (Lipinski definition) is 1. The molecule has 1 amide bonds. The van der Waals surface area contributed by atoms with Crippen LogP contribution in [0.5, 0.6) is 0 Å². The monoisotopic (exact) mass is 243 g/mol. The van der Waals surface area contributed by atoms with Crippen molar-refractivity contribution in [1.29, 1.82) is 0 Å². The lowest BCUT2D eigenvalue weighted by molar-refractivity contribution is -0.112. The highest BCUT2D eigenvalue weighted by Gasteiger charge is 2.27. The summed E-state index contributed by atoms with van der Waals surface area (Å²) >= 11 is 0. The van der Waals surface area contributed by atoms with Crippen molar-refractivity contribution in [1.82, 2.24) is 5.32 Å². The van der Waals surface area contributed by atoms with Gasteiger partial charge in [-0.05, 0) is 33.6 Å². The first-order chi connectivity index (χ1) is 7.92. The van der Waals surface area contributed by atoms with Crippen LogP contribution < -0.4 is 5.32 Å². The molecule has 0 aromatic rings. The molecule has 17 heavy (non-hydrogen) atoms. The minimum absolute atomic E-state index is 0.0498. The van der Waals surface area contributed by atoms with Crippen LogP contribution in [0.2, 0.25) is 0 Å². The van der Waals surface area contributed by atoms with Crippen LogP contribution in [0.15, 0.2) is 0 Å². The maximum atomic E-state index is 11.5. The van der Waals surface area contributed by atoms with E-state index in [1.165, 1.54) is 0 Å². The van der Waals surface area contributed by atoms with Gasteiger partial charge < -0.3 is 19.6 Å². The number of rotatable bonds is 3. The van der Waals surface area contributed by atoms with Crippen LogP contribution in [0.3, 0.4) is 0 Å². The fourth-order valence-corrected chi connectivity index (χ4v) is 1.76. The molecule has 2 unspecified atom stereocenters. The predicted octanol–water partition coefficient (Wildman–Crippen LogP) is 1.51. The van der Waals surface area contributed by atoms with Crippen molar-refractivity contribution in [2.45, 2.75) is 45.3 Å². The number of alkyl carbamates (subject to hydrolysis) is 1. The number of hydrogen-bond acceptors (Lipinski definition) is 4. The molecule has 0 spiro atoms. The minimum Gasteiger partial charge on any atom is -0.444 e. The van der Waals surface area contributed by atoms with Crippen molar-refractivity contribution >= 4 is 12.4 Å². The van der Waals surface area contributed by atoms with Crippen LogP contribution in [0.25, 0.3) is 0 Å². The first-order valence-electron chi connectivity index (χ1n) is 5.95. The summed E-state index contributed by atoms with van der Waals surface area (Å²) in [5.41, 5.74) is -0.555. The molecule has 98 valence electrons. The molecule has 0 aromatic heterocycles. The molecular weight excluding hydrogens is 222 g/mol. The standard InChI is InChI=1S/C12H21NO4/c1-12(2,3)17-11(15)13-10(7-14)9-5-4-6-16-8-9/h7,9-10H,4-6,8H2,1-3H3,(H,13,15). The van der Waals surface area contributed by atoms with Gasteiger partial charge in [-0.15, -0.1) is 0 Å². The molecule has 0 aliphatic carbocycles. The lowest BCUT2D eigenvalue weighted by atomic mass is 9.95. The molecule has 0 bridgehead atoms.